The van der Waals surface area contributed by atoms with Crippen LogP contribution in [0.3, 0.4) is 0 Å². The van der Waals surface area contributed by atoms with Crippen LogP contribution >= 0.6 is 0 Å². The van der Waals surface area contributed by atoms with Gasteiger partial charge in [-0.25, -0.2) is 15.0 Å². The summed E-state index contributed by atoms with van der Waals surface area (Å²) in [5.41, 5.74) is 6.96. The molecule has 3 aromatic rings. The Morgan fingerprint density at radius 3 is 2.69 bits per heavy atom. The van der Waals surface area contributed by atoms with Crippen molar-refractivity contribution in [3.63, 3.8) is 0 Å². The highest BCUT2D eigenvalue weighted by Crippen LogP contribution is 2.37. The Bertz CT molecular complexity index is 1310. The average molecular weight is 496 g/mol. The molecule has 1 atom stereocenters. The van der Waals surface area contributed by atoms with Gasteiger partial charge in [0.2, 0.25) is 11.8 Å². The summed E-state index contributed by atoms with van der Waals surface area (Å²) in [5.74, 6) is -0.188. The van der Waals surface area contributed by atoms with Crippen LogP contribution in [0.15, 0.2) is 73.8 Å². The van der Waals surface area contributed by atoms with Crippen LogP contribution in [0.25, 0.3) is 11.4 Å². The number of nitrogens with one attached hydrogen (secondary N) is 1. The average Bonchev–Trinajstić information content (AvgIpc) is 3.37. The zero-order valence-electron chi connectivity index (χ0n) is 19.1. The number of anilines is 1. The van der Waals surface area contributed by atoms with Crippen LogP contribution in [-0.2, 0) is 11.0 Å². The van der Waals surface area contributed by atoms with Gasteiger partial charge < -0.3 is 20.4 Å². The van der Waals surface area contributed by atoms with Crippen LogP contribution in [0.1, 0.15) is 23.6 Å². The molecule has 11 heteroatoms. The first kappa shape index (κ1) is 24.7. The van der Waals surface area contributed by atoms with E-state index in [1.54, 1.807) is 23.1 Å². The summed E-state index contributed by atoms with van der Waals surface area (Å²) in [4.78, 5) is 29.3. The molecule has 1 aliphatic heterocycles. The summed E-state index contributed by atoms with van der Waals surface area (Å²) in [6, 6.07) is 10.1. The van der Waals surface area contributed by atoms with Gasteiger partial charge >= 0.3 is 6.18 Å². The number of benzene rings is 1. The Hall–Kier alpha value is -4.41. The van der Waals surface area contributed by atoms with Crippen molar-refractivity contribution in [2.24, 2.45) is 0 Å². The largest absolute Gasteiger partial charge is 0.438 e. The fraction of sp³-hybridized carbons (Fsp3) is 0.200. The number of halogens is 3. The predicted molar refractivity (Wildman–Crippen MR) is 127 cm³/mol. The highest BCUT2D eigenvalue weighted by molar-refractivity contribution is 5.87. The molecule has 1 fully saturated rings. The van der Waals surface area contributed by atoms with E-state index < -0.39 is 17.6 Å². The Morgan fingerprint density at radius 2 is 1.97 bits per heavy atom. The van der Waals surface area contributed by atoms with Crippen molar-refractivity contribution in [2.45, 2.75) is 18.5 Å². The Balaban J connectivity index is 1.65. The van der Waals surface area contributed by atoms with E-state index in [1.165, 1.54) is 43.0 Å². The van der Waals surface area contributed by atoms with Crippen LogP contribution in [0, 0.1) is 0 Å². The minimum absolute atomic E-state index is 0.0963. The van der Waals surface area contributed by atoms with Gasteiger partial charge in [-0.05, 0) is 55.0 Å². The first-order valence-electron chi connectivity index (χ1n) is 11.0. The van der Waals surface area contributed by atoms with Gasteiger partial charge in [0.15, 0.2) is 0 Å². The second-order valence-corrected chi connectivity index (χ2v) is 7.99. The van der Waals surface area contributed by atoms with Crippen molar-refractivity contribution in [3.05, 3.63) is 85.1 Å². The molecule has 4 rings (SSSR count). The minimum atomic E-state index is -4.60. The second-order valence-electron chi connectivity index (χ2n) is 7.99. The lowest BCUT2D eigenvalue weighted by molar-refractivity contribution is -0.138. The molecule has 1 aromatic carbocycles. The van der Waals surface area contributed by atoms with Crippen molar-refractivity contribution >= 4 is 11.6 Å². The minimum Gasteiger partial charge on any atom is -0.438 e. The molecule has 186 valence electrons. The van der Waals surface area contributed by atoms with Crippen LogP contribution in [0.2, 0.25) is 0 Å². The summed E-state index contributed by atoms with van der Waals surface area (Å²) in [5, 5.41) is 0. The first-order chi connectivity index (χ1) is 17.3. The van der Waals surface area contributed by atoms with E-state index >= 15 is 0 Å². The smallest absolute Gasteiger partial charge is 0.421 e. The van der Waals surface area contributed by atoms with Crippen LogP contribution in [0.5, 0.6) is 11.6 Å². The molecule has 1 amide bonds. The van der Waals surface area contributed by atoms with Crippen molar-refractivity contribution in [3.8, 4) is 23.0 Å². The SMILES string of the molecule is C=CC(=O)N1CCC(c2nc(-c3ccc(Oc4ncccc4C(F)(F)F)cc3)[nH]cnccc2N)C1. The van der Waals surface area contributed by atoms with Gasteiger partial charge in [0.05, 0.1) is 17.7 Å². The highest BCUT2D eigenvalue weighted by Gasteiger charge is 2.35. The van der Waals surface area contributed by atoms with E-state index in [-0.39, 0.29) is 17.6 Å². The number of nitrogens with zero attached hydrogens (tertiary/aromatic N) is 4. The summed E-state index contributed by atoms with van der Waals surface area (Å²) in [6.45, 7) is 4.55. The molecule has 0 bridgehead atoms. The summed E-state index contributed by atoms with van der Waals surface area (Å²) < 4.78 is 45.1. The predicted octanol–water partition coefficient (Wildman–Crippen LogP) is 4.89. The van der Waals surface area contributed by atoms with Gasteiger partial charge in [-0.3, -0.25) is 4.79 Å². The lowest BCUT2D eigenvalue weighted by atomic mass is 10.0. The number of hydrogen-bond acceptors (Lipinski definition) is 6. The molecule has 0 saturated carbocycles. The lowest BCUT2D eigenvalue weighted by Crippen LogP contribution is -2.26. The number of aromatic nitrogens is 4. The molecule has 3 heterocycles. The molecule has 1 saturated heterocycles. The maximum Gasteiger partial charge on any atom is 0.421 e. The number of alkyl halides is 3. The highest BCUT2D eigenvalue weighted by atomic mass is 19.4. The number of carbonyl (C=O) groups excluding carboxylic acids is 1. The molecule has 2 aromatic heterocycles. The number of hydrogen-bond donors (Lipinski definition) is 2. The summed E-state index contributed by atoms with van der Waals surface area (Å²) in [6.07, 6.45) is 1.57. The van der Waals surface area contributed by atoms with Crippen LogP contribution in [0.4, 0.5) is 18.9 Å². The molecule has 1 unspecified atom stereocenters. The van der Waals surface area contributed by atoms with Gasteiger partial charge in [0.25, 0.3) is 0 Å². The van der Waals surface area contributed by atoms with E-state index in [2.05, 4.69) is 21.5 Å². The van der Waals surface area contributed by atoms with Crippen molar-refractivity contribution < 1.29 is 22.7 Å². The Morgan fingerprint density at radius 1 is 1.19 bits per heavy atom. The van der Waals surface area contributed by atoms with E-state index in [0.29, 0.717) is 42.3 Å². The molecule has 0 aliphatic carbocycles. The molecule has 3 N–H and O–H groups in total. The normalized spacial score (nSPS) is 15.3. The number of nitrogens with two attached hydrogens (primary N) is 1. The third kappa shape index (κ3) is 5.62. The molecular weight excluding hydrogens is 473 g/mol. The molecule has 0 spiro atoms. The fourth-order valence-corrected chi connectivity index (χ4v) is 3.84. The maximum atomic E-state index is 13.2. The lowest BCUT2D eigenvalue weighted by Gasteiger charge is -2.15. The van der Waals surface area contributed by atoms with Crippen LogP contribution < -0.4 is 10.5 Å². The number of carbonyl (C=O) groups is 1. The number of likely N-dealkylation sites (tertiary alicyclic amines) is 1. The number of rotatable bonds is 5. The molecule has 8 nitrogen and oxygen atoms in total. The topological polar surface area (TPSA) is 110 Å². The van der Waals surface area contributed by atoms with E-state index in [9.17, 15) is 18.0 Å². The quantitative estimate of drug-likeness (QED) is 0.487. The molecule has 36 heavy (non-hydrogen) atoms. The van der Waals surface area contributed by atoms with E-state index in [0.717, 1.165) is 6.07 Å². The molecule has 0 radical (unpaired) electrons. The van der Waals surface area contributed by atoms with Gasteiger partial charge in [-0.15, -0.1) is 0 Å². The molecule has 1 aliphatic rings. The number of H-pyrrole nitrogens is 1. The number of pyridine rings is 1. The van der Waals surface area contributed by atoms with E-state index in [1.807, 2.05) is 0 Å². The third-order valence-electron chi connectivity index (χ3n) is 5.62. The zero-order chi connectivity index (χ0) is 25.7. The first-order valence-corrected chi connectivity index (χ1v) is 11.0. The number of aromatic amines is 1. The standard InChI is InChI=1S/C25H23F3N6O2/c1-2-21(35)34-13-10-17(14-34)22-20(29)9-12-30-15-32-23(33-22)16-5-7-18(8-6-16)36-24-19(25(26,27)28)4-3-11-31-24/h2-9,11-12,15,17H,1,10,13-14,29H2,(H,30,32,33). The monoisotopic (exact) mass is 496 g/mol. The van der Waals surface area contributed by atoms with Gasteiger partial charge in [-0.1, -0.05) is 6.58 Å². The van der Waals surface area contributed by atoms with Crippen LogP contribution in [-0.4, -0.2) is 43.8 Å². The van der Waals surface area contributed by atoms with Crippen molar-refractivity contribution in [1.29, 1.82) is 0 Å². The number of nitrogen functional groups attached to an aromatic ring is 1. The number of ether oxygens (including phenoxy) is 1. The van der Waals surface area contributed by atoms with Gasteiger partial charge in [-0.2, -0.15) is 13.2 Å². The number of amides is 1. The Labute approximate surface area is 205 Å². The van der Waals surface area contributed by atoms with E-state index in [4.69, 9.17) is 15.5 Å². The maximum absolute atomic E-state index is 13.2. The Kier molecular flexibility index (Phi) is 7.18. The van der Waals surface area contributed by atoms with Crippen molar-refractivity contribution in [2.75, 3.05) is 18.8 Å². The third-order valence-corrected chi connectivity index (χ3v) is 5.62. The second kappa shape index (κ2) is 10.5. The van der Waals surface area contributed by atoms with Gasteiger partial charge in [0.1, 0.15) is 17.1 Å². The zero-order valence-corrected chi connectivity index (χ0v) is 19.1. The van der Waals surface area contributed by atoms with Gasteiger partial charge in [0, 0.05) is 37.0 Å². The summed E-state index contributed by atoms with van der Waals surface area (Å²) >= 11 is 0. The summed E-state index contributed by atoms with van der Waals surface area (Å²) in [7, 11) is 0. The fourth-order valence-electron chi connectivity index (χ4n) is 3.84. The van der Waals surface area contributed by atoms with Crippen molar-refractivity contribution in [1.82, 2.24) is 24.8 Å². The molecular formula is C25H23F3N6O2.